The molecule has 1 aliphatic carbocycles. The van der Waals surface area contributed by atoms with E-state index >= 15 is 0 Å². The summed E-state index contributed by atoms with van der Waals surface area (Å²) in [6.45, 7) is 10.8. The van der Waals surface area contributed by atoms with E-state index in [9.17, 15) is 9.59 Å². The lowest BCUT2D eigenvalue weighted by Crippen LogP contribution is -2.37. The topological polar surface area (TPSA) is 74.8 Å². The van der Waals surface area contributed by atoms with Gasteiger partial charge < -0.3 is 10.3 Å². The van der Waals surface area contributed by atoms with Gasteiger partial charge in [-0.2, -0.15) is 0 Å². The predicted molar refractivity (Wildman–Crippen MR) is 136 cm³/mol. The monoisotopic (exact) mass is 465 g/mol. The number of ketones is 1. The third-order valence-electron chi connectivity index (χ3n) is 6.62. The molecule has 1 unspecified atom stereocenters. The fraction of sp³-hybridized carbons (Fsp3) is 0.519. The third kappa shape index (κ3) is 4.96. The highest BCUT2D eigenvalue weighted by atomic mass is 32.2. The van der Waals surface area contributed by atoms with Gasteiger partial charge in [0.2, 0.25) is 0 Å². The second-order valence-corrected chi connectivity index (χ2v) is 11.5. The van der Waals surface area contributed by atoms with Crippen molar-refractivity contribution in [3.8, 4) is 0 Å². The zero-order valence-corrected chi connectivity index (χ0v) is 21.2. The SMILES string of the molecule is CCCCCSc1nc2c(c(=O)[nH]1)C(c1ccc(C(C)C)cc1)C1=C(CC(C)(C)CC1=O)N2. The quantitative estimate of drug-likeness (QED) is 0.282. The Labute approximate surface area is 200 Å². The average Bonchev–Trinajstić information content (AvgIpc) is 2.74. The fourth-order valence-corrected chi connectivity index (χ4v) is 5.75. The molecule has 1 aliphatic heterocycles. The molecule has 0 spiro atoms. The first kappa shape index (κ1) is 23.8. The van der Waals surface area contributed by atoms with E-state index in [4.69, 9.17) is 4.98 Å². The van der Waals surface area contributed by atoms with E-state index in [0.717, 1.165) is 41.8 Å². The van der Waals surface area contributed by atoms with Crippen molar-refractivity contribution in [2.24, 2.45) is 5.41 Å². The van der Waals surface area contributed by atoms with Gasteiger partial charge in [0, 0.05) is 29.4 Å². The van der Waals surface area contributed by atoms with Crippen molar-refractivity contribution in [1.29, 1.82) is 0 Å². The minimum atomic E-state index is -0.392. The molecule has 1 aromatic carbocycles. The number of carbonyl (C=O) groups excluding carboxylic acids is 1. The summed E-state index contributed by atoms with van der Waals surface area (Å²) in [5.74, 6) is 1.67. The van der Waals surface area contributed by atoms with Crippen molar-refractivity contribution in [2.45, 2.75) is 83.7 Å². The Morgan fingerprint density at radius 2 is 1.85 bits per heavy atom. The number of benzene rings is 1. The number of Topliss-reactive ketones (excluding diaryl/α,β-unsaturated/α-hetero) is 1. The van der Waals surface area contributed by atoms with Gasteiger partial charge in [0.1, 0.15) is 5.82 Å². The van der Waals surface area contributed by atoms with E-state index in [2.05, 4.69) is 69.2 Å². The summed E-state index contributed by atoms with van der Waals surface area (Å²) in [7, 11) is 0. The van der Waals surface area contributed by atoms with Crippen LogP contribution in [-0.2, 0) is 4.79 Å². The summed E-state index contributed by atoms with van der Waals surface area (Å²) >= 11 is 1.59. The molecule has 33 heavy (non-hydrogen) atoms. The van der Waals surface area contributed by atoms with Crippen LogP contribution in [0.1, 0.15) is 95.2 Å². The number of fused-ring (bicyclic) bond motifs is 1. The Balaban J connectivity index is 1.80. The average molecular weight is 466 g/mol. The molecule has 5 nitrogen and oxygen atoms in total. The second-order valence-electron chi connectivity index (χ2n) is 10.4. The van der Waals surface area contributed by atoms with Crippen LogP contribution in [0.4, 0.5) is 5.82 Å². The summed E-state index contributed by atoms with van der Waals surface area (Å²) in [6, 6.07) is 8.36. The minimum Gasteiger partial charge on any atom is -0.343 e. The molecule has 0 amide bonds. The van der Waals surface area contributed by atoms with Gasteiger partial charge in [-0.1, -0.05) is 83.5 Å². The van der Waals surface area contributed by atoms with Gasteiger partial charge in [-0.3, -0.25) is 9.59 Å². The zero-order chi connectivity index (χ0) is 23.8. The zero-order valence-electron chi connectivity index (χ0n) is 20.4. The number of aromatic nitrogens is 2. The lowest BCUT2D eigenvalue weighted by Gasteiger charge is -2.38. The molecule has 0 bridgehead atoms. The van der Waals surface area contributed by atoms with E-state index in [0.29, 0.717) is 28.9 Å². The number of nitrogens with one attached hydrogen (secondary N) is 2. The summed E-state index contributed by atoms with van der Waals surface area (Å²) < 4.78 is 0. The van der Waals surface area contributed by atoms with Crippen molar-refractivity contribution >= 4 is 23.4 Å². The molecular formula is C27H35N3O2S. The molecule has 0 saturated carbocycles. The van der Waals surface area contributed by atoms with E-state index in [-0.39, 0.29) is 16.8 Å². The second kappa shape index (κ2) is 9.49. The third-order valence-corrected chi connectivity index (χ3v) is 7.58. The standard InChI is InChI=1S/C27H35N3O2S/c1-6-7-8-13-33-26-29-24-23(25(32)30-26)21(18-11-9-17(10-12-18)16(2)3)22-19(28-24)14-27(4,5)15-20(22)31/h9-12,16,21H,6-8,13-15H2,1-5H3,(H2,28,29,30,32). The Bertz CT molecular complexity index is 1130. The normalized spacial score (nSPS) is 19.3. The molecule has 176 valence electrons. The molecule has 2 aromatic rings. The van der Waals surface area contributed by atoms with Gasteiger partial charge in [-0.25, -0.2) is 4.98 Å². The smallest absolute Gasteiger partial charge is 0.257 e. The van der Waals surface area contributed by atoms with E-state index in [1.165, 1.54) is 12.0 Å². The Morgan fingerprint density at radius 1 is 1.12 bits per heavy atom. The first-order valence-corrected chi connectivity index (χ1v) is 13.1. The van der Waals surface area contributed by atoms with Crippen molar-refractivity contribution in [2.75, 3.05) is 11.1 Å². The van der Waals surface area contributed by atoms with E-state index in [1.54, 1.807) is 11.8 Å². The molecule has 2 heterocycles. The van der Waals surface area contributed by atoms with Crippen LogP contribution in [0.25, 0.3) is 0 Å². The molecule has 0 radical (unpaired) electrons. The first-order chi connectivity index (χ1) is 15.7. The highest BCUT2D eigenvalue weighted by molar-refractivity contribution is 7.99. The number of unbranched alkanes of at least 4 members (excludes halogenated alkanes) is 2. The molecule has 4 rings (SSSR count). The molecule has 1 atom stereocenters. The van der Waals surface area contributed by atoms with Crippen LogP contribution in [0.5, 0.6) is 0 Å². The molecule has 6 heteroatoms. The summed E-state index contributed by atoms with van der Waals surface area (Å²) in [5, 5.41) is 4.05. The van der Waals surface area contributed by atoms with Crippen LogP contribution >= 0.6 is 11.8 Å². The molecule has 0 fully saturated rings. The maximum Gasteiger partial charge on any atom is 0.257 e. The summed E-state index contributed by atoms with van der Waals surface area (Å²) in [5.41, 5.74) is 4.13. The van der Waals surface area contributed by atoms with Gasteiger partial charge in [-0.05, 0) is 35.3 Å². The Kier molecular flexibility index (Phi) is 6.85. The maximum atomic E-state index is 13.4. The van der Waals surface area contributed by atoms with Crippen LogP contribution in [0.15, 0.2) is 45.5 Å². The van der Waals surface area contributed by atoms with E-state index in [1.807, 2.05) is 0 Å². The number of hydrogen-bond acceptors (Lipinski definition) is 5. The Morgan fingerprint density at radius 3 is 2.52 bits per heavy atom. The van der Waals surface area contributed by atoms with Crippen LogP contribution in [0.2, 0.25) is 0 Å². The Hall–Kier alpha value is -2.34. The lowest BCUT2D eigenvalue weighted by molar-refractivity contribution is -0.118. The minimum absolute atomic E-state index is 0.120. The highest BCUT2D eigenvalue weighted by Gasteiger charge is 2.42. The molecule has 2 N–H and O–H groups in total. The van der Waals surface area contributed by atoms with Crippen LogP contribution in [-0.4, -0.2) is 21.5 Å². The van der Waals surface area contributed by atoms with Crippen molar-refractivity contribution in [3.63, 3.8) is 0 Å². The van der Waals surface area contributed by atoms with Crippen LogP contribution in [0.3, 0.4) is 0 Å². The molecule has 0 saturated heterocycles. The van der Waals surface area contributed by atoms with E-state index < -0.39 is 5.92 Å². The number of nitrogens with zero attached hydrogens (tertiary/aromatic N) is 1. The number of aromatic amines is 1. The van der Waals surface area contributed by atoms with Crippen molar-refractivity contribution in [3.05, 3.63) is 62.6 Å². The first-order valence-electron chi connectivity index (χ1n) is 12.1. The number of carbonyl (C=O) groups is 1. The number of rotatable bonds is 7. The molecule has 1 aromatic heterocycles. The number of anilines is 1. The van der Waals surface area contributed by atoms with Crippen LogP contribution in [0, 0.1) is 5.41 Å². The molecular weight excluding hydrogens is 430 g/mol. The number of hydrogen-bond donors (Lipinski definition) is 2. The summed E-state index contributed by atoms with van der Waals surface area (Å²) in [4.78, 5) is 34.5. The van der Waals surface area contributed by atoms with Crippen molar-refractivity contribution < 1.29 is 4.79 Å². The van der Waals surface area contributed by atoms with Gasteiger partial charge in [0.25, 0.3) is 5.56 Å². The number of thioether (sulfide) groups is 1. The molecule has 2 aliphatic rings. The lowest BCUT2D eigenvalue weighted by atomic mass is 9.69. The van der Waals surface area contributed by atoms with Gasteiger partial charge in [-0.15, -0.1) is 0 Å². The van der Waals surface area contributed by atoms with Crippen molar-refractivity contribution in [1.82, 2.24) is 9.97 Å². The summed E-state index contributed by atoms with van der Waals surface area (Å²) in [6.07, 6.45) is 4.68. The van der Waals surface area contributed by atoms with Gasteiger partial charge in [0.05, 0.1) is 5.56 Å². The van der Waals surface area contributed by atoms with Crippen LogP contribution < -0.4 is 10.9 Å². The number of allylic oxidation sites excluding steroid dienone is 2. The van der Waals surface area contributed by atoms with Gasteiger partial charge in [0.15, 0.2) is 10.9 Å². The number of H-pyrrole nitrogens is 1. The van der Waals surface area contributed by atoms with Gasteiger partial charge >= 0.3 is 0 Å². The maximum absolute atomic E-state index is 13.4. The predicted octanol–water partition coefficient (Wildman–Crippen LogP) is 6.38. The highest BCUT2D eigenvalue weighted by Crippen LogP contribution is 2.47. The fourth-order valence-electron chi connectivity index (χ4n) is 4.89. The largest absolute Gasteiger partial charge is 0.343 e.